The summed E-state index contributed by atoms with van der Waals surface area (Å²) in [6, 6.07) is 19.6. The highest BCUT2D eigenvalue weighted by Gasteiger charge is 2.24. The quantitative estimate of drug-likeness (QED) is 0.418. The molecule has 0 aliphatic carbocycles. The predicted octanol–water partition coefficient (Wildman–Crippen LogP) is 5.32. The number of piperidine rings is 1. The lowest BCUT2D eigenvalue weighted by Gasteiger charge is -2.32. The van der Waals surface area contributed by atoms with E-state index in [0.717, 1.165) is 50.9 Å². The highest BCUT2D eigenvalue weighted by Crippen LogP contribution is 2.31. The maximum Gasteiger partial charge on any atom is 0.232 e. The Kier molecular flexibility index (Phi) is 7.31. The molecule has 1 atom stereocenters. The Hall–Kier alpha value is -3.39. The summed E-state index contributed by atoms with van der Waals surface area (Å²) in [5, 5.41) is 7.16. The van der Waals surface area contributed by atoms with E-state index in [1.54, 1.807) is 0 Å². The summed E-state index contributed by atoms with van der Waals surface area (Å²) in [6.45, 7) is 9.06. The molecule has 3 aromatic rings. The third-order valence-corrected chi connectivity index (χ3v) is 8.18. The minimum absolute atomic E-state index is 0.536. The second-order valence-corrected chi connectivity index (χ2v) is 11.3. The maximum absolute atomic E-state index is 5.66. The summed E-state index contributed by atoms with van der Waals surface area (Å²) in [4.78, 5) is 17.0. The van der Waals surface area contributed by atoms with E-state index in [1.807, 2.05) is 0 Å². The van der Waals surface area contributed by atoms with Gasteiger partial charge in [0, 0.05) is 57.6 Å². The van der Waals surface area contributed by atoms with Gasteiger partial charge < -0.3 is 25.3 Å². The first-order chi connectivity index (χ1) is 18.6. The third kappa shape index (κ3) is 5.70. The molecule has 0 amide bonds. The molecule has 2 fully saturated rings. The second-order valence-electron chi connectivity index (χ2n) is 10.9. The van der Waals surface area contributed by atoms with Crippen LogP contribution in [0.15, 0.2) is 54.6 Å². The van der Waals surface area contributed by atoms with Gasteiger partial charge >= 0.3 is 0 Å². The van der Waals surface area contributed by atoms with Crippen LogP contribution in [0, 0.1) is 5.92 Å². The van der Waals surface area contributed by atoms with Crippen LogP contribution in [-0.2, 0) is 19.6 Å². The molecule has 2 N–H and O–H groups in total. The fourth-order valence-electron chi connectivity index (χ4n) is 5.82. The number of thiocarbonyl (C=S) groups is 1. The summed E-state index contributed by atoms with van der Waals surface area (Å²) < 4.78 is 0. The highest BCUT2D eigenvalue weighted by atomic mass is 32.1. The zero-order valence-corrected chi connectivity index (χ0v) is 23.0. The Balaban J connectivity index is 1.15. The first-order valence-corrected chi connectivity index (χ1v) is 14.4. The number of rotatable bonds is 6. The van der Waals surface area contributed by atoms with E-state index < -0.39 is 0 Å². The fraction of sp³-hybridized carbons (Fsp3) is 0.433. The van der Waals surface area contributed by atoms with Crippen molar-refractivity contribution < 1.29 is 0 Å². The van der Waals surface area contributed by atoms with Gasteiger partial charge in [-0.3, -0.25) is 0 Å². The molecule has 0 saturated carbocycles. The number of anilines is 4. The van der Waals surface area contributed by atoms with Crippen molar-refractivity contribution in [2.45, 2.75) is 52.2 Å². The normalized spacial score (nSPS) is 19.0. The Bertz CT molecular complexity index is 1250. The Morgan fingerprint density at radius 2 is 1.53 bits per heavy atom. The van der Waals surface area contributed by atoms with Gasteiger partial charge in [0.1, 0.15) is 11.6 Å². The van der Waals surface area contributed by atoms with Gasteiger partial charge in [-0.15, -0.1) is 0 Å². The summed E-state index contributed by atoms with van der Waals surface area (Å²) in [5.41, 5.74) is 5.23. The molecule has 0 spiro atoms. The number of benzene rings is 2. The van der Waals surface area contributed by atoms with Gasteiger partial charge in [0.25, 0.3) is 0 Å². The second kappa shape index (κ2) is 11.2. The molecular formula is C30H37N7S. The molecule has 0 bridgehead atoms. The summed E-state index contributed by atoms with van der Waals surface area (Å²) in [7, 11) is 0. The molecule has 3 aliphatic rings. The first-order valence-electron chi connectivity index (χ1n) is 14.0. The standard InChI is InChI=1S/C30H37N7S/c1-22-7-6-16-36(19-22)27-17-28(37-20-24-8-2-3-9-25(24)21-37)33-29(32-27)34-30(38)31-18-23-10-12-26(13-11-23)35-14-4-5-15-35/h2-3,8-13,17,22H,4-7,14-16,18-21H2,1H3,(H2,31,32,33,34,38). The van der Waals surface area contributed by atoms with E-state index in [4.69, 9.17) is 22.2 Å². The molecule has 38 heavy (non-hydrogen) atoms. The smallest absolute Gasteiger partial charge is 0.232 e. The molecule has 1 unspecified atom stereocenters. The molecule has 6 rings (SSSR count). The topological polar surface area (TPSA) is 59.6 Å². The monoisotopic (exact) mass is 527 g/mol. The molecule has 7 nitrogen and oxygen atoms in total. The van der Waals surface area contributed by atoms with Gasteiger partial charge in [-0.1, -0.05) is 43.3 Å². The largest absolute Gasteiger partial charge is 0.372 e. The minimum Gasteiger partial charge on any atom is -0.372 e. The maximum atomic E-state index is 5.66. The first kappa shape index (κ1) is 24.9. The van der Waals surface area contributed by atoms with Crippen LogP contribution < -0.4 is 25.3 Å². The summed E-state index contributed by atoms with van der Waals surface area (Å²) in [5.74, 6) is 3.12. The molecule has 2 saturated heterocycles. The van der Waals surface area contributed by atoms with Crippen molar-refractivity contribution in [3.8, 4) is 0 Å². The molecule has 4 heterocycles. The molecule has 2 aromatic carbocycles. The van der Waals surface area contributed by atoms with Crippen molar-refractivity contribution in [3.63, 3.8) is 0 Å². The SMILES string of the molecule is CC1CCCN(c2cc(N3Cc4ccccc4C3)nc(NC(=S)NCc3ccc(N4CCCC4)cc3)n2)C1. The van der Waals surface area contributed by atoms with Crippen LogP contribution in [0.3, 0.4) is 0 Å². The van der Waals surface area contributed by atoms with Crippen LogP contribution >= 0.6 is 12.2 Å². The van der Waals surface area contributed by atoms with Crippen molar-refractivity contribution in [1.82, 2.24) is 15.3 Å². The van der Waals surface area contributed by atoms with E-state index in [9.17, 15) is 0 Å². The van der Waals surface area contributed by atoms with Crippen LogP contribution in [0.4, 0.5) is 23.3 Å². The predicted molar refractivity (Wildman–Crippen MR) is 160 cm³/mol. The molecule has 1 aromatic heterocycles. The van der Waals surface area contributed by atoms with Gasteiger partial charge in [-0.05, 0) is 72.6 Å². The lowest BCUT2D eigenvalue weighted by atomic mass is 10.0. The number of nitrogens with zero attached hydrogens (tertiary/aromatic N) is 5. The average Bonchev–Trinajstić information content (AvgIpc) is 3.63. The van der Waals surface area contributed by atoms with Crippen LogP contribution in [-0.4, -0.2) is 41.3 Å². The summed E-state index contributed by atoms with van der Waals surface area (Å²) in [6.07, 6.45) is 5.04. The Morgan fingerprint density at radius 1 is 0.868 bits per heavy atom. The molecular weight excluding hydrogens is 490 g/mol. The molecule has 0 radical (unpaired) electrons. The minimum atomic E-state index is 0.536. The highest BCUT2D eigenvalue weighted by molar-refractivity contribution is 7.80. The Morgan fingerprint density at radius 3 is 2.21 bits per heavy atom. The van der Waals surface area contributed by atoms with Crippen LogP contribution in [0.1, 0.15) is 49.3 Å². The van der Waals surface area contributed by atoms with Crippen LogP contribution in [0.2, 0.25) is 0 Å². The van der Waals surface area contributed by atoms with Gasteiger partial charge in [-0.2, -0.15) is 9.97 Å². The van der Waals surface area contributed by atoms with Crippen molar-refractivity contribution in [2.75, 3.05) is 46.2 Å². The number of aromatic nitrogens is 2. The number of nitrogens with one attached hydrogen (secondary N) is 2. The van der Waals surface area contributed by atoms with E-state index in [0.29, 0.717) is 23.5 Å². The lowest BCUT2D eigenvalue weighted by Crippen LogP contribution is -2.35. The van der Waals surface area contributed by atoms with E-state index in [1.165, 1.54) is 48.1 Å². The molecule has 3 aliphatic heterocycles. The lowest BCUT2D eigenvalue weighted by molar-refractivity contribution is 0.444. The van der Waals surface area contributed by atoms with Crippen molar-refractivity contribution >= 4 is 40.6 Å². The fourth-order valence-corrected chi connectivity index (χ4v) is 5.99. The van der Waals surface area contributed by atoms with Gasteiger partial charge in [0.15, 0.2) is 5.11 Å². The number of hydrogen-bond donors (Lipinski definition) is 2. The van der Waals surface area contributed by atoms with Gasteiger partial charge in [0.05, 0.1) is 0 Å². The zero-order valence-electron chi connectivity index (χ0n) is 22.2. The van der Waals surface area contributed by atoms with Crippen molar-refractivity contribution in [1.29, 1.82) is 0 Å². The molecule has 198 valence electrons. The molecule has 8 heteroatoms. The summed E-state index contributed by atoms with van der Waals surface area (Å²) >= 11 is 5.66. The van der Waals surface area contributed by atoms with Crippen LogP contribution in [0.5, 0.6) is 0 Å². The van der Waals surface area contributed by atoms with Crippen molar-refractivity contribution in [3.05, 3.63) is 71.3 Å². The van der Waals surface area contributed by atoms with Crippen molar-refractivity contribution in [2.24, 2.45) is 5.92 Å². The zero-order chi connectivity index (χ0) is 25.9. The van der Waals surface area contributed by atoms with Gasteiger partial charge in [-0.25, -0.2) is 0 Å². The average molecular weight is 528 g/mol. The van der Waals surface area contributed by atoms with E-state index in [2.05, 4.69) is 86.9 Å². The van der Waals surface area contributed by atoms with Crippen LogP contribution in [0.25, 0.3) is 0 Å². The third-order valence-electron chi connectivity index (χ3n) is 7.93. The van der Waals surface area contributed by atoms with E-state index >= 15 is 0 Å². The van der Waals surface area contributed by atoms with E-state index in [-0.39, 0.29) is 0 Å². The Labute approximate surface area is 231 Å². The number of fused-ring (bicyclic) bond motifs is 1. The number of hydrogen-bond acceptors (Lipinski definition) is 6. The van der Waals surface area contributed by atoms with Gasteiger partial charge in [0.2, 0.25) is 5.95 Å².